The molecule has 1 aromatic heterocycles. The van der Waals surface area contributed by atoms with Crippen LogP contribution in [0.4, 0.5) is 4.79 Å². The third-order valence-electron chi connectivity index (χ3n) is 2.53. The lowest BCUT2D eigenvalue weighted by Gasteiger charge is -2.22. The first-order chi connectivity index (χ1) is 10.8. The van der Waals surface area contributed by atoms with Gasteiger partial charge in [0.1, 0.15) is 28.7 Å². The Hall–Kier alpha value is -2.58. The SMILES string of the molecule is CC(C)(C)OC(=O)N[C@@H](Cc1ccsc1C#N)C(=O)OCC#N. The summed E-state index contributed by atoms with van der Waals surface area (Å²) in [4.78, 5) is 24.3. The number of esters is 1. The molecule has 0 saturated heterocycles. The number of carbonyl (C=O) groups is 2. The van der Waals surface area contributed by atoms with Gasteiger partial charge in [-0.25, -0.2) is 9.59 Å². The Morgan fingerprint density at radius 2 is 2.09 bits per heavy atom. The van der Waals surface area contributed by atoms with Crippen molar-refractivity contribution in [3.05, 3.63) is 21.9 Å². The van der Waals surface area contributed by atoms with Crippen LogP contribution in [-0.4, -0.2) is 30.3 Å². The molecule has 0 fully saturated rings. The molecule has 0 unspecified atom stereocenters. The quantitative estimate of drug-likeness (QED) is 0.825. The van der Waals surface area contributed by atoms with E-state index in [-0.39, 0.29) is 6.42 Å². The first kappa shape index (κ1) is 18.5. The third kappa shape index (κ3) is 6.37. The standard InChI is InChI=1S/C15H17N3O4S/c1-15(2,3)22-14(20)18-11(13(19)21-6-5-16)8-10-4-7-23-12(10)9-17/h4,7,11H,6,8H2,1-3H3,(H,18,20)/t11-/m0/s1. The molecule has 1 N–H and O–H groups in total. The number of hydrogen-bond donors (Lipinski definition) is 1. The van der Waals surface area contributed by atoms with Crippen molar-refractivity contribution >= 4 is 23.4 Å². The summed E-state index contributed by atoms with van der Waals surface area (Å²) in [6.45, 7) is 4.67. The maximum Gasteiger partial charge on any atom is 0.408 e. The second-order valence-corrected chi connectivity index (χ2v) is 6.47. The normalized spacial score (nSPS) is 11.7. The molecule has 1 rings (SSSR count). The molecule has 0 spiro atoms. The second-order valence-electron chi connectivity index (χ2n) is 5.56. The lowest BCUT2D eigenvalue weighted by atomic mass is 10.1. The van der Waals surface area contributed by atoms with Gasteiger partial charge in [0, 0.05) is 6.42 Å². The van der Waals surface area contributed by atoms with Crippen LogP contribution in [0.3, 0.4) is 0 Å². The molecule has 1 amide bonds. The summed E-state index contributed by atoms with van der Waals surface area (Å²) >= 11 is 1.24. The van der Waals surface area contributed by atoms with Crippen LogP contribution < -0.4 is 5.32 Å². The minimum atomic E-state index is -1.04. The number of alkyl carbamates (subject to hydrolysis) is 1. The fourth-order valence-corrected chi connectivity index (χ4v) is 2.39. The highest BCUT2D eigenvalue weighted by Crippen LogP contribution is 2.18. The van der Waals surface area contributed by atoms with Crippen molar-refractivity contribution in [2.75, 3.05) is 6.61 Å². The number of amides is 1. The zero-order valence-corrected chi connectivity index (χ0v) is 13.9. The molecule has 23 heavy (non-hydrogen) atoms. The van der Waals surface area contributed by atoms with Crippen LogP contribution in [-0.2, 0) is 20.7 Å². The van der Waals surface area contributed by atoms with Gasteiger partial charge in [-0.3, -0.25) is 0 Å². The average Bonchev–Trinajstić information content (AvgIpc) is 2.89. The Balaban J connectivity index is 2.85. The first-order valence-electron chi connectivity index (χ1n) is 6.76. The van der Waals surface area contributed by atoms with Gasteiger partial charge in [-0.15, -0.1) is 11.3 Å². The van der Waals surface area contributed by atoms with E-state index in [2.05, 4.69) is 5.32 Å². The molecule has 1 aromatic rings. The molecular formula is C15H17N3O4S. The van der Waals surface area contributed by atoms with Gasteiger partial charge in [0.05, 0.1) is 0 Å². The van der Waals surface area contributed by atoms with Gasteiger partial charge in [0.2, 0.25) is 0 Å². The molecule has 0 aliphatic rings. The molecule has 0 bridgehead atoms. The van der Waals surface area contributed by atoms with Crippen LogP contribution in [0, 0.1) is 22.7 Å². The monoisotopic (exact) mass is 335 g/mol. The van der Waals surface area contributed by atoms with E-state index in [1.54, 1.807) is 38.3 Å². The van der Waals surface area contributed by atoms with E-state index < -0.39 is 30.3 Å². The fourth-order valence-electron chi connectivity index (χ4n) is 1.66. The van der Waals surface area contributed by atoms with Crippen molar-refractivity contribution in [1.82, 2.24) is 5.32 Å². The molecule has 7 nitrogen and oxygen atoms in total. The lowest BCUT2D eigenvalue weighted by molar-refractivity contribution is -0.144. The topological polar surface area (TPSA) is 112 Å². The molecule has 1 heterocycles. The summed E-state index contributed by atoms with van der Waals surface area (Å²) in [6, 6.07) is 4.37. The predicted octanol–water partition coefficient (Wildman–Crippen LogP) is 2.12. The van der Waals surface area contributed by atoms with E-state index in [1.807, 2.05) is 6.07 Å². The van der Waals surface area contributed by atoms with E-state index >= 15 is 0 Å². The van der Waals surface area contributed by atoms with Gasteiger partial charge in [0.15, 0.2) is 6.61 Å². The molecular weight excluding hydrogens is 318 g/mol. The van der Waals surface area contributed by atoms with Gasteiger partial charge in [0.25, 0.3) is 0 Å². The number of thiophene rings is 1. The number of nitrogens with one attached hydrogen (secondary N) is 1. The van der Waals surface area contributed by atoms with Crippen molar-refractivity contribution < 1.29 is 19.1 Å². The van der Waals surface area contributed by atoms with Gasteiger partial charge in [-0.05, 0) is 37.8 Å². The third-order valence-corrected chi connectivity index (χ3v) is 3.39. The molecule has 1 atom stereocenters. The highest BCUT2D eigenvalue weighted by Gasteiger charge is 2.27. The van der Waals surface area contributed by atoms with Crippen LogP contribution in [0.2, 0.25) is 0 Å². The largest absolute Gasteiger partial charge is 0.449 e. The smallest absolute Gasteiger partial charge is 0.408 e. The highest BCUT2D eigenvalue weighted by atomic mass is 32.1. The van der Waals surface area contributed by atoms with Crippen LogP contribution in [0.5, 0.6) is 0 Å². The number of carbonyl (C=O) groups excluding carboxylic acids is 2. The fraction of sp³-hybridized carbons (Fsp3) is 0.467. The summed E-state index contributed by atoms with van der Waals surface area (Å²) in [5, 5.41) is 21.7. The minimum absolute atomic E-state index is 0.0793. The highest BCUT2D eigenvalue weighted by molar-refractivity contribution is 7.10. The van der Waals surface area contributed by atoms with Crippen LogP contribution in [0.15, 0.2) is 11.4 Å². The summed E-state index contributed by atoms with van der Waals surface area (Å²) < 4.78 is 9.87. The number of nitriles is 2. The van der Waals surface area contributed by atoms with E-state index in [9.17, 15) is 9.59 Å². The van der Waals surface area contributed by atoms with Gasteiger partial charge in [-0.1, -0.05) is 0 Å². The predicted molar refractivity (Wildman–Crippen MR) is 82.5 cm³/mol. The second kappa shape index (κ2) is 8.16. The molecule has 0 aliphatic heterocycles. The maximum atomic E-state index is 12.0. The summed E-state index contributed by atoms with van der Waals surface area (Å²) in [5.74, 6) is -0.757. The summed E-state index contributed by atoms with van der Waals surface area (Å²) in [5.41, 5.74) is -0.0989. The maximum absolute atomic E-state index is 12.0. The summed E-state index contributed by atoms with van der Waals surface area (Å²) in [7, 11) is 0. The van der Waals surface area contributed by atoms with Crippen LogP contribution in [0.1, 0.15) is 31.2 Å². The van der Waals surface area contributed by atoms with Crippen LogP contribution >= 0.6 is 11.3 Å². The molecule has 0 radical (unpaired) electrons. The summed E-state index contributed by atoms with van der Waals surface area (Å²) in [6.07, 6.45) is -0.694. The number of rotatable bonds is 5. The lowest BCUT2D eigenvalue weighted by Crippen LogP contribution is -2.45. The Morgan fingerprint density at radius 3 is 2.65 bits per heavy atom. The molecule has 0 saturated carbocycles. The molecule has 0 aliphatic carbocycles. The Bertz CT molecular complexity index is 649. The van der Waals surface area contributed by atoms with Gasteiger partial charge < -0.3 is 14.8 Å². The van der Waals surface area contributed by atoms with Crippen LogP contribution in [0.25, 0.3) is 0 Å². The van der Waals surface area contributed by atoms with E-state index in [1.165, 1.54) is 11.3 Å². The molecule has 0 aromatic carbocycles. The van der Waals surface area contributed by atoms with Crippen molar-refractivity contribution in [2.45, 2.75) is 38.8 Å². The van der Waals surface area contributed by atoms with E-state index in [0.29, 0.717) is 10.4 Å². The minimum Gasteiger partial charge on any atom is -0.449 e. The zero-order chi connectivity index (χ0) is 17.5. The average molecular weight is 335 g/mol. The number of nitrogens with zero attached hydrogens (tertiary/aromatic N) is 2. The van der Waals surface area contributed by atoms with E-state index in [4.69, 9.17) is 20.0 Å². The molecule has 8 heteroatoms. The van der Waals surface area contributed by atoms with E-state index in [0.717, 1.165) is 0 Å². The van der Waals surface area contributed by atoms with Crippen molar-refractivity contribution in [3.8, 4) is 12.1 Å². The van der Waals surface area contributed by atoms with Crippen molar-refractivity contribution in [2.24, 2.45) is 0 Å². The Labute approximate surface area is 138 Å². The number of hydrogen-bond acceptors (Lipinski definition) is 7. The number of ether oxygens (including phenoxy) is 2. The Morgan fingerprint density at radius 1 is 1.39 bits per heavy atom. The zero-order valence-electron chi connectivity index (χ0n) is 13.1. The first-order valence-corrected chi connectivity index (χ1v) is 7.64. The Kier molecular flexibility index (Phi) is 6.55. The molecule has 122 valence electrons. The van der Waals surface area contributed by atoms with Gasteiger partial charge >= 0.3 is 12.1 Å². The van der Waals surface area contributed by atoms with Crippen molar-refractivity contribution in [3.63, 3.8) is 0 Å². The van der Waals surface area contributed by atoms with Crippen molar-refractivity contribution in [1.29, 1.82) is 10.5 Å². The van der Waals surface area contributed by atoms with Gasteiger partial charge in [-0.2, -0.15) is 10.5 Å².